The summed E-state index contributed by atoms with van der Waals surface area (Å²) in [7, 11) is 0. The second kappa shape index (κ2) is 5.68. The van der Waals surface area contributed by atoms with E-state index in [0.29, 0.717) is 17.9 Å². The monoisotopic (exact) mass is 296 g/mol. The van der Waals surface area contributed by atoms with Crippen molar-refractivity contribution in [1.29, 1.82) is 0 Å². The molecular weight excluding hydrogens is 272 g/mol. The van der Waals surface area contributed by atoms with Crippen LogP contribution in [0.2, 0.25) is 0 Å². The summed E-state index contributed by atoms with van der Waals surface area (Å²) in [6.45, 7) is 10.5. The number of nitrogen functional groups attached to an aromatic ring is 1. The molecule has 1 saturated heterocycles. The van der Waals surface area contributed by atoms with Gasteiger partial charge in [0.15, 0.2) is 0 Å². The molecule has 0 saturated carbocycles. The van der Waals surface area contributed by atoms with Gasteiger partial charge < -0.3 is 10.6 Å². The van der Waals surface area contributed by atoms with E-state index in [1.807, 2.05) is 30.5 Å². The van der Waals surface area contributed by atoms with Gasteiger partial charge in [-0.1, -0.05) is 13.8 Å². The lowest BCUT2D eigenvalue weighted by atomic mass is 10.1. The largest absolute Gasteiger partial charge is 0.395 e. The van der Waals surface area contributed by atoms with Gasteiger partial charge in [0.25, 0.3) is 5.91 Å². The number of amides is 1. The SMILES string of the molecule is CCn1nc(C)c(N)c1C(=O)N1CCSC(C)(C)CC1. The zero-order chi connectivity index (χ0) is 14.9. The van der Waals surface area contributed by atoms with Gasteiger partial charge in [-0.15, -0.1) is 0 Å². The highest BCUT2D eigenvalue weighted by Crippen LogP contribution is 2.31. The van der Waals surface area contributed by atoms with E-state index in [0.717, 1.165) is 31.0 Å². The van der Waals surface area contributed by atoms with Gasteiger partial charge in [0.2, 0.25) is 0 Å². The Labute approximate surface area is 124 Å². The van der Waals surface area contributed by atoms with Crippen molar-refractivity contribution in [1.82, 2.24) is 14.7 Å². The molecule has 2 N–H and O–H groups in total. The van der Waals surface area contributed by atoms with Gasteiger partial charge in [-0.2, -0.15) is 16.9 Å². The highest BCUT2D eigenvalue weighted by Gasteiger charge is 2.29. The van der Waals surface area contributed by atoms with E-state index in [-0.39, 0.29) is 10.7 Å². The van der Waals surface area contributed by atoms with Gasteiger partial charge in [0.05, 0.1) is 11.4 Å². The van der Waals surface area contributed by atoms with E-state index in [2.05, 4.69) is 18.9 Å². The third-order valence-corrected chi connectivity index (χ3v) is 5.17. The molecule has 1 aliphatic rings. The van der Waals surface area contributed by atoms with Crippen molar-refractivity contribution in [2.24, 2.45) is 0 Å². The van der Waals surface area contributed by atoms with E-state index >= 15 is 0 Å². The van der Waals surface area contributed by atoms with Gasteiger partial charge >= 0.3 is 0 Å². The molecular formula is C14H24N4OS. The van der Waals surface area contributed by atoms with E-state index < -0.39 is 0 Å². The summed E-state index contributed by atoms with van der Waals surface area (Å²) >= 11 is 1.93. The molecule has 0 radical (unpaired) electrons. The Morgan fingerprint density at radius 3 is 2.80 bits per heavy atom. The van der Waals surface area contributed by atoms with E-state index in [9.17, 15) is 4.79 Å². The van der Waals surface area contributed by atoms with Crippen LogP contribution >= 0.6 is 11.8 Å². The maximum atomic E-state index is 12.8. The van der Waals surface area contributed by atoms with Gasteiger partial charge in [-0.25, -0.2) is 0 Å². The fourth-order valence-electron chi connectivity index (χ4n) is 2.42. The number of hydrogen-bond donors (Lipinski definition) is 1. The van der Waals surface area contributed by atoms with E-state index in [1.165, 1.54) is 0 Å². The molecule has 0 atom stereocenters. The third kappa shape index (κ3) is 2.95. The molecule has 1 fully saturated rings. The van der Waals surface area contributed by atoms with Crippen molar-refractivity contribution in [2.45, 2.75) is 45.4 Å². The van der Waals surface area contributed by atoms with Crippen LogP contribution in [-0.2, 0) is 6.54 Å². The number of aryl methyl sites for hydroxylation is 2. The number of carbonyl (C=O) groups excluding carboxylic acids is 1. The summed E-state index contributed by atoms with van der Waals surface area (Å²) in [4.78, 5) is 14.7. The molecule has 0 unspecified atom stereocenters. The fraction of sp³-hybridized carbons (Fsp3) is 0.714. The van der Waals surface area contributed by atoms with Crippen molar-refractivity contribution in [3.05, 3.63) is 11.4 Å². The van der Waals surface area contributed by atoms with E-state index in [4.69, 9.17) is 5.73 Å². The molecule has 112 valence electrons. The lowest BCUT2D eigenvalue weighted by Crippen LogP contribution is -2.35. The van der Waals surface area contributed by atoms with Crippen LogP contribution in [-0.4, -0.2) is 44.2 Å². The lowest BCUT2D eigenvalue weighted by Gasteiger charge is -2.23. The molecule has 2 heterocycles. The second-order valence-electron chi connectivity index (χ2n) is 5.81. The molecule has 0 bridgehead atoms. The molecule has 20 heavy (non-hydrogen) atoms. The van der Waals surface area contributed by atoms with Gasteiger partial charge in [-0.3, -0.25) is 9.48 Å². The molecule has 1 aromatic heterocycles. The summed E-state index contributed by atoms with van der Waals surface area (Å²) in [6.07, 6.45) is 1.00. The number of aromatic nitrogens is 2. The van der Waals surface area contributed by atoms with Crippen LogP contribution in [0, 0.1) is 6.92 Å². The molecule has 6 heteroatoms. The quantitative estimate of drug-likeness (QED) is 0.908. The molecule has 0 aliphatic carbocycles. The Morgan fingerprint density at radius 2 is 2.15 bits per heavy atom. The Morgan fingerprint density at radius 1 is 1.45 bits per heavy atom. The number of carbonyl (C=O) groups is 1. The van der Waals surface area contributed by atoms with Gasteiger partial charge in [0.1, 0.15) is 5.69 Å². The number of anilines is 1. The minimum Gasteiger partial charge on any atom is -0.395 e. The van der Waals surface area contributed by atoms with Gasteiger partial charge in [-0.05, 0) is 20.3 Å². The number of thioether (sulfide) groups is 1. The van der Waals surface area contributed by atoms with E-state index in [1.54, 1.807) is 4.68 Å². The minimum atomic E-state index is 0.0169. The number of rotatable bonds is 2. The van der Waals surface area contributed by atoms with Crippen LogP contribution in [0.3, 0.4) is 0 Å². The van der Waals surface area contributed by atoms with Crippen LogP contribution in [0.15, 0.2) is 0 Å². The summed E-state index contributed by atoms with van der Waals surface area (Å²) < 4.78 is 1.96. The van der Waals surface area contributed by atoms with Crippen molar-refractivity contribution in [3.8, 4) is 0 Å². The maximum absolute atomic E-state index is 12.8. The lowest BCUT2D eigenvalue weighted by molar-refractivity contribution is 0.0753. The van der Waals surface area contributed by atoms with Crippen LogP contribution in [0.1, 0.15) is 43.4 Å². The zero-order valence-corrected chi connectivity index (χ0v) is 13.6. The summed E-state index contributed by atoms with van der Waals surface area (Å²) in [5, 5.41) is 4.34. The normalized spacial score (nSPS) is 18.9. The average Bonchev–Trinajstić information content (AvgIpc) is 2.56. The van der Waals surface area contributed by atoms with Crippen LogP contribution in [0.4, 0.5) is 5.69 Å². The first-order valence-corrected chi connectivity index (χ1v) is 8.10. The Hall–Kier alpha value is -1.17. The number of nitrogens with two attached hydrogens (primary N) is 1. The maximum Gasteiger partial charge on any atom is 0.274 e. The van der Waals surface area contributed by atoms with Crippen LogP contribution in [0.5, 0.6) is 0 Å². The Balaban J connectivity index is 2.23. The highest BCUT2D eigenvalue weighted by atomic mass is 32.2. The molecule has 0 spiro atoms. The first-order valence-electron chi connectivity index (χ1n) is 7.12. The molecule has 1 aliphatic heterocycles. The third-order valence-electron chi connectivity index (χ3n) is 3.80. The smallest absolute Gasteiger partial charge is 0.274 e. The topological polar surface area (TPSA) is 64.2 Å². The Kier molecular flexibility index (Phi) is 4.32. The van der Waals surface area contributed by atoms with Crippen molar-refractivity contribution < 1.29 is 4.79 Å². The first-order chi connectivity index (χ1) is 9.35. The molecule has 2 rings (SSSR count). The predicted octanol–water partition coefficient (Wildman–Crippen LogP) is 2.15. The predicted molar refractivity (Wildman–Crippen MR) is 84.1 cm³/mol. The highest BCUT2D eigenvalue weighted by molar-refractivity contribution is 8.00. The molecule has 1 aromatic rings. The molecule has 1 amide bonds. The molecule has 5 nitrogen and oxygen atoms in total. The average molecular weight is 296 g/mol. The van der Waals surface area contributed by atoms with Crippen molar-refractivity contribution in [3.63, 3.8) is 0 Å². The fourth-order valence-corrected chi connectivity index (χ4v) is 3.52. The number of nitrogens with zero attached hydrogens (tertiary/aromatic N) is 3. The van der Waals surface area contributed by atoms with Crippen molar-refractivity contribution >= 4 is 23.4 Å². The summed E-state index contributed by atoms with van der Waals surface area (Å²) in [5.41, 5.74) is 7.85. The standard InChI is InChI=1S/C14H24N4OS/c1-5-18-12(11(15)10(2)16-18)13(19)17-7-6-14(3,4)20-9-8-17/h5-9,15H2,1-4H3. The van der Waals surface area contributed by atoms with Gasteiger partial charge in [0, 0.05) is 30.1 Å². The zero-order valence-electron chi connectivity index (χ0n) is 12.8. The van der Waals surface area contributed by atoms with Crippen LogP contribution in [0.25, 0.3) is 0 Å². The first kappa shape index (κ1) is 15.2. The van der Waals surface area contributed by atoms with Crippen LogP contribution < -0.4 is 5.73 Å². The second-order valence-corrected chi connectivity index (χ2v) is 7.62. The molecule has 0 aromatic carbocycles. The Bertz CT molecular complexity index is 510. The summed E-state index contributed by atoms with van der Waals surface area (Å²) in [6, 6.07) is 0. The summed E-state index contributed by atoms with van der Waals surface area (Å²) in [5.74, 6) is 0.987. The van der Waals surface area contributed by atoms with Crippen molar-refractivity contribution in [2.75, 3.05) is 24.6 Å². The number of hydrogen-bond acceptors (Lipinski definition) is 4. The minimum absolute atomic E-state index is 0.0169.